The Bertz CT molecular complexity index is 410. The van der Waals surface area contributed by atoms with E-state index in [4.69, 9.17) is 4.74 Å². The highest BCUT2D eigenvalue weighted by Gasteiger charge is 2.40. The summed E-state index contributed by atoms with van der Waals surface area (Å²) in [5.74, 6) is -4.11. The van der Waals surface area contributed by atoms with E-state index in [1.807, 2.05) is 26.0 Å². The van der Waals surface area contributed by atoms with Crippen molar-refractivity contribution in [2.24, 2.45) is 0 Å². The molecule has 0 unspecified atom stereocenters. The van der Waals surface area contributed by atoms with Gasteiger partial charge in [0.15, 0.2) is 0 Å². The average molecular weight is 293 g/mol. The zero-order chi connectivity index (χ0) is 15.2. The van der Waals surface area contributed by atoms with E-state index in [-0.39, 0.29) is 12.6 Å². The fraction of sp³-hybridized carbons (Fsp3) is 0.571. The highest BCUT2D eigenvalue weighted by atomic mass is 19.3. The van der Waals surface area contributed by atoms with Crippen molar-refractivity contribution in [1.29, 1.82) is 0 Å². The minimum absolute atomic E-state index is 0.113. The molecule has 0 aliphatic carbocycles. The second kappa shape index (κ2) is 7.59. The third-order valence-corrected chi connectivity index (χ3v) is 2.69. The summed E-state index contributed by atoms with van der Waals surface area (Å²) >= 11 is 0. The molecule has 1 aromatic carbocycles. The van der Waals surface area contributed by atoms with Crippen LogP contribution >= 0.6 is 0 Å². The highest BCUT2D eigenvalue weighted by molar-refractivity contribution is 5.26. The summed E-state index contributed by atoms with van der Waals surface area (Å²) in [6.45, 7) is 3.15. The van der Waals surface area contributed by atoms with Crippen LogP contribution in [0.25, 0.3) is 0 Å². The van der Waals surface area contributed by atoms with E-state index in [1.165, 1.54) is 0 Å². The zero-order valence-electron chi connectivity index (χ0n) is 11.5. The van der Waals surface area contributed by atoms with E-state index in [9.17, 15) is 17.6 Å². The molecular formula is C14H19F4NO. The Morgan fingerprint density at radius 1 is 1.15 bits per heavy atom. The number of hydrogen-bond acceptors (Lipinski definition) is 2. The molecule has 114 valence electrons. The van der Waals surface area contributed by atoms with Crippen molar-refractivity contribution >= 4 is 0 Å². The lowest BCUT2D eigenvalue weighted by Crippen LogP contribution is -2.32. The quantitative estimate of drug-likeness (QED) is 0.739. The van der Waals surface area contributed by atoms with Gasteiger partial charge in [-0.3, -0.25) is 0 Å². The topological polar surface area (TPSA) is 21.3 Å². The smallest absolute Gasteiger partial charge is 0.330 e. The fourth-order valence-electron chi connectivity index (χ4n) is 1.54. The van der Waals surface area contributed by atoms with Crippen LogP contribution < -0.4 is 5.32 Å². The van der Waals surface area contributed by atoms with E-state index in [1.54, 1.807) is 12.1 Å². The molecule has 0 aliphatic heterocycles. The Labute approximate surface area is 116 Å². The van der Waals surface area contributed by atoms with Crippen LogP contribution in [0.15, 0.2) is 24.3 Å². The summed E-state index contributed by atoms with van der Waals surface area (Å²) in [7, 11) is 0. The molecule has 0 spiro atoms. The van der Waals surface area contributed by atoms with Crippen LogP contribution in [-0.4, -0.2) is 25.0 Å². The Balaban J connectivity index is 2.55. The summed E-state index contributed by atoms with van der Waals surface area (Å²) in [6, 6.07) is 7.45. The van der Waals surface area contributed by atoms with Crippen LogP contribution in [0.2, 0.25) is 0 Å². The molecule has 0 saturated heterocycles. The van der Waals surface area contributed by atoms with Gasteiger partial charge < -0.3 is 10.1 Å². The fourth-order valence-corrected chi connectivity index (χ4v) is 1.54. The predicted octanol–water partition coefficient (Wildman–Crippen LogP) is 3.60. The molecule has 0 amide bonds. The van der Waals surface area contributed by atoms with Crippen molar-refractivity contribution < 1.29 is 22.3 Å². The van der Waals surface area contributed by atoms with E-state index < -0.39 is 19.0 Å². The minimum Gasteiger partial charge on any atom is -0.370 e. The van der Waals surface area contributed by atoms with Crippen LogP contribution in [0.4, 0.5) is 17.6 Å². The van der Waals surface area contributed by atoms with Gasteiger partial charge in [0, 0.05) is 12.6 Å². The van der Waals surface area contributed by atoms with Gasteiger partial charge in [-0.1, -0.05) is 38.1 Å². The second-order valence-corrected chi connectivity index (χ2v) is 4.86. The van der Waals surface area contributed by atoms with Crippen molar-refractivity contribution in [3.63, 3.8) is 0 Å². The first-order valence-corrected chi connectivity index (χ1v) is 6.37. The lowest BCUT2D eigenvalue weighted by Gasteiger charge is -2.16. The number of hydrogen-bond donors (Lipinski definition) is 1. The number of rotatable bonds is 8. The maximum Gasteiger partial charge on any atom is 0.330 e. The van der Waals surface area contributed by atoms with Crippen molar-refractivity contribution in [3.8, 4) is 0 Å². The van der Waals surface area contributed by atoms with Gasteiger partial charge in [-0.25, -0.2) is 8.78 Å². The van der Waals surface area contributed by atoms with Gasteiger partial charge in [-0.15, -0.1) is 0 Å². The lowest BCUT2D eigenvalue weighted by atomic mass is 10.1. The van der Waals surface area contributed by atoms with Gasteiger partial charge >= 0.3 is 12.3 Å². The third kappa shape index (κ3) is 5.46. The van der Waals surface area contributed by atoms with Crippen molar-refractivity contribution in [1.82, 2.24) is 5.32 Å². The molecule has 0 radical (unpaired) electrons. The Hall–Kier alpha value is -1.14. The summed E-state index contributed by atoms with van der Waals surface area (Å²) in [6.07, 6.45) is -3.71. The first kappa shape index (κ1) is 16.9. The first-order valence-electron chi connectivity index (χ1n) is 6.37. The molecule has 0 atom stereocenters. The molecule has 0 aliphatic rings. The second-order valence-electron chi connectivity index (χ2n) is 4.86. The van der Waals surface area contributed by atoms with Crippen molar-refractivity contribution in [3.05, 3.63) is 35.4 Å². The van der Waals surface area contributed by atoms with E-state index in [2.05, 4.69) is 5.32 Å². The van der Waals surface area contributed by atoms with Crippen LogP contribution in [0.3, 0.4) is 0 Å². The maximum atomic E-state index is 12.7. The summed E-state index contributed by atoms with van der Waals surface area (Å²) in [5.41, 5.74) is 1.62. The Morgan fingerprint density at radius 3 is 2.30 bits per heavy atom. The minimum atomic E-state index is -4.11. The Kier molecular flexibility index (Phi) is 6.42. The number of halogens is 4. The molecule has 20 heavy (non-hydrogen) atoms. The normalized spacial score (nSPS) is 12.4. The van der Waals surface area contributed by atoms with Crippen molar-refractivity contribution in [2.45, 2.75) is 45.4 Å². The molecule has 0 saturated carbocycles. The average Bonchev–Trinajstić information content (AvgIpc) is 2.37. The highest BCUT2D eigenvalue weighted by Crippen LogP contribution is 2.23. The van der Waals surface area contributed by atoms with Gasteiger partial charge in [0.05, 0.1) is 6.61 Å². The molecule has 0 bridgehead atoms. The van der Waals surface area contributed by atoms with Gasteiger partial charge in [0.2, 0.25) is 0 Å². The number of ether oxygens (including phenoxy) is 1. The lowest BCUT2D eigenvalue weighted by molar-refractivity contribution is -0.168. The van der Waals surface area contributed by atoms with Crippen LogP contribution in [0.5, 0.6) is 0 Å². The summed E-state index contributed by atoms with van der Waals surface area (Å²) in [5, 5.41) is 3.20. The summed E-state index contributed by atoms with van der Waals surface area (Å²) < 4.78 is 54.1. The number of nitrogens with one attached hydrogen (secondary N) is 1. The maximum absolute atomic E-state index is 12.7. The van der Waals surface area contributed by atoms with Crippen molar-refractivity contribution in [2.75, 3.05) is 6.61 Å². The number of benzene rings is 1. The molecule has 2 nitrogen and oxygen atoms in total. The third-order valence-electron chi connectivity index (χ3n) is 2.69. The summed E-state index contributed by atoms with van der Waals surface area (Å²) in [4.78, 5) is 0. The van der Waals surface area contributed by atoms with Gasteiger partial charge in [0.1, 0.15) is 6.61 Å². The van der Waals surface area contributed by atoms with Gasteiger partial charge in [-0.05, 0) is 11.1 Å². The van der Waals surface area contributed by atoms with E-state index >= 15 is 0 Å². The molecule has 1 rings (SSSR count). The molecule has 1 N–H and O–H groups in total. The van der Waals surface area contributed by atoms with Gasteiger partial charge in [-0.2, -0.15) is 8.78 Å². The van der Waals surface area contributed by atoms with Crippen LogP contribution in [-0.2, 0) is 17.9 Å². The van der Waals surface area contributed by atoms with Crippen LogP contribution in [0.1, 0.15) is 25.0 Å². The van der Waals surface area contributed by atoms with Gasteiger partial charge in [0.25, 0.3) is 0 Å². The van der Waals surface area contributed by atoms with Crippen LogP contribution in [0, 0.1) is 0 Å². The molecule has 0 heterocycles. The largest absolute Gasteiger partial charge is 0.370 e. The predicted molar refractivity (Wildman–Crippen MR) is 69.0 cm³/mol. The van der Waals surface area contributed by atoms with E-state index in [0.29, 0.717) is 12.1 Å². The Morgan fingerprint density at radius 2 is 1.75 bits per heavy atom. The molecule has 1 aromatic rings. The first-order chi connectivity index (χ1) is 9.33. The molecule has 0 fully saturated rings. The van der Waals surface area contributed by atoms with E-state index in [0.717, 1.165) is 5.56 Å². The molecule has 0 aromatic heterocycles. The molecular weight excluding hydrogens is 274 g/mol. The SMILES string of the molecule is CC(C)NCc1ccccc1COCC(F)(F)C(F)F. The zero-order valence-corrected chi connectivity index (χ0v) is 11.5. The molecule has 6 heteroatoms. The number of alkyl halides is 4. The monoisotopic (exact) mass is 293 g/mol. The standard InChI is InChI=1S/C14H19F4NO/c1-10(2)19-7-11-5-3-4-6-12(11)8-20-9-14(17,18)13(15)16/h3-6,10,13,19H,7-9H2,1-2H3.